The van der Waals surface area contributed by atoms with E-state index in [4.69, 9.17) is 0 Å². The monoisotopic (exact) mass is 360 g/mol. The minimum Gasteiger partial charge on any atom is -0.342 e. The molecule has 2 nitrogen and oxygen atoms in total. The van der Waals surface area contributed by atoms with Gasteiger partial charge in [-0.2, -0.15) is 0 Å². The topological polar surface area (TPSA) is 28.7 Å². The van der Waals surface area contributed by atoms with Gasteiger partial charge in [0, 0.05) is 17.0 Å². The molecule has 134 valence electrons. The molecule has 0 bridgehead atoms. The molecule has 0 amide bonds. The molecule has 1 atom stereocenters. The highest BCUT2D eigenvalue weighted by atomic mass is 28.3. The Morgan fingerprint density at radius 1 is 0.962 bits per heavy atom. The van der Waals surface area contributed by atoms with Gasteiger partial charge in [-0.3, -0.25) is 0 Å². The first kappa shape index (κ1) is 18.5. The Labute approximate surface area is 158 Å². The van der Waals surface area contributed by atoms with Crippen LogP contribution in [0.5, 0.6) is 0 Å². The molecule has 1 heterocycles. The zero-order valence-corrected chi connectivity index (χ0v) is 17.6. The maximum absolute atomic E-state index is 4.59. The van der Waals surface area contributed by atoms with Crippen LogP contribution in [0.3, 0.4) is 0 Å². The van der Waals surface area contributed by atoms with Crippen LogP contribution in [0.1, 0.15) is 38.1 Å². The summed E-state index contributed by atoms with van der Waals surface area (Å²) in [4.78, 5) is 8.08. The fourth-order valence-corrected chi connectivity index (χ4v) is 3.30. The van der Waals surface area contributed by atoms with E-state index in [1.54, 1.807) is 0 Å². The number of aromatic amines is 1. The lowest BCUT2D eigenvalue weighted by atomic mass is 9.98. The molecule has 0 aliphatic carbocycles. The number of hydrogen-bond donors (Lipinski definition) is 1. The Kier molecular flexibility index (Phi) is 5.07. The summed E-state index contributed by atoms with van der Waals surface area (Å²) in [5, 5.41) is 2.46. The van der Waals surface area contributed by atoms with Crippen LogP contribution in [0.4, 0.5) is 0 Å². The van der Waals surface area contributed by atoms with Crippen molar-refractivity contribution in [3.05, 3.63) is 54.0 Å². The zero-order chi connectivity index (χ0) is 18.9. The molecule has 3 aromatic rings. The summed E-state index contributed by atoms with van der Waals surface area (Å²) >= 11 is 0. The van der Waals surface area contributed by atoms with E-state index in [0.717, 1.165) is 17.1 Å². The van der Waals surface area contributed by atoms with E-state index in [1.165, 1.54) is 16.3 Å². The lowest BCUT2D eigenvalue weighted by Crippen LogP contribution is -2.16. The van der Waals surface area contributed by atoms with Crippen LogP contribution < -0.4 is 0 Å². The van der Waals surface area contributed by atoms with E-state index in [-0.39, 0.29) is 0 Å². The molecule has 0 saturated carbocycles. The molecule has 0 aliphatic heterocycles. The average molecular weight is 361 g/mol. The summed E-state index contributed by atoms with van der Waals surface area (Å²) in [5.41, 5.74) is 6.79. The Morgan fingerprint density at radius 2 is 1.65 bits per heavy atom. The third kappa shape index (κ3) is 4.26. The largest absolute Gasteiger partial charge is 0.342 e. The Morgan fingerprint density at radius 3 is 2.35 bits per heavy atom. The standard InChI is InChI=1S/C23H28N2Si/c1-16(2)17(3)23-24-15-22(25-23)21-10-9-19-13-18(7-8-20(19)14-21)11-12-26(4,5)6/h7-10,13-17H,1-6H3,(H,24,25)/t17-/m0/s1. The third-order valence-corrected chi connectivity index (χ3v) is 5.63. The summed E-state index contributed by atoms with van der Waals surface area (Å²) in [5.74, 6) is 5.41. The van der Waals surface area contributed by atoms with Crippen molar-refractivity contribution in [3.63, 3.8) is 0 Å². The first-order valence-electron chi connectivity index (χ1n) is 9.35. The van der Waals surface area contributed by atoms with Crippen molar-refractivity contribution < 1.29 is 0 Å². The third-order valence-electron chi connectivity index (χ3n) is 4.76. The number of hydrogen-bond acceptors (Lipinski definition) is 1. The second-order valence-corrected chi connectivity index (χ2v) is 13.2. The van der Waals surface area contributed by atoms with E-state index in [0.29, 0.717) is 11.8 Å². The summed E-state index contributed by atoms with van der Waals surface area (Å²) in [6.07, 6.45) is 1.95. The number of nitrogens with one attached hydrogen (secondary N) is 1. The number of aromatic nitrogens is 2. The molecule has 0 unspecified atom stereocenters. The summed E-state index contributed by atoms with van der Waals surface area (Å²) in [7, 11) is -1.35. The molecule has 26 heavy (non-hydrogen) atoms. The van der Waals surface area contributed by atoms with Gasteiger partial charge in [0.05, 0.1) is 11.9 Å². The van der Waals surface area contributed by atoms with Gasteiger partial charge in [-0.15, -0.1) is 5.54 Å². The summed E-state index contributed by atoms with van der Waals surface area (Å²) in [6.45, 7) is 13.5. The average Bonchev–Trinajstić information content (AvgIpc) is 3.08. The van der Waals surface area contributed by atoms with Crippen LogP contribution in [0.25, 0.3) is 22.0 Å². The Hall–Kier alpha value is -2.31. The first-order valence-corrected chi connectivity index (χ1v) is 12.9. The molecule has 3 heteroatoms. The molecular formula is C23H28N2Si. The van der Waals surface area contributed by atoms with Crippen LogP contribution in [-0.4, -0.2) is 18.0 Å². The normalized spacial score (nSPS) is 12.9. The molecule has 0 fully saturated rings. The maximum atomic E-state index is 4.59. The number of fused-ring (bicyclic) bond motifs is 1. The van der Waals surface area contributed by atoms with E-state index in [9.17, 15) is 0 Å². The van der Waals surface area contributed by atoms with Crippen molar-refractivity contribution in [1.82, 2.24) is 9.97 Å². The van der Waals surface area contributed by atoms with Gasteiger partial charge in [-0.1, -0.05) is 64.5 Å². The van der Waals surface area contributed by atoms with Gasteiger partial charge in [0.25, 0.3) is 0 Å². The van der Waals surface area contributed by atoms with Crippen LogP contribution in [0.2, 0.25) is 19.6 Å². The minimum atomic E-state index is -1.35. The predicted octanol–water partition coefficient (Wildman–Crippen LogP) is 6.22. The van der Waals surface area contributed by atoms with Crippen LogP contribution in [-0.2, 0) is 0 Å². The number of H-pyrrole nitrogens is 1. The lowest BCUT2D eigenvalue weighted by Gasteiger charge is -2.12. The van der Waals surface area contributed by atoms with Crippen LogP contribution in [0, 0.1) is 17.4 Å². The van der Waals surface area contributed by atoms with Gasteiger partial charge in [-0.05, 0) is 34.9 Å². The van der Waals surface area contributed by atoms with Crippen molar-refractivity contribution in [2.24, 2.45) is 5.92 Å². The number of benzene rings is 2. The van der Waals surface area contributed by atoms with Crippen LogP contribution in [0.15, 0.2) is 42.6 Å². The first-order chi connectivity index (χ1) is 12.2. The van der Waals surface area contributed by atoms with Gasteiger partial charge in [0.2, 0.25) is 0 Å². The van der Waals surface area contributed by atoms with Gasteiger partial charge in [0.1, 0.15) is 13.9 Å². The molecule has 0 saturated heterocycles. The number of imidazole rings is 1. The lowest BCUT2D eigenvalue weighted by molar-refractivity contribution is 0.514. The van der Waals surface area contributed by atoms with Gasteiger partial charge in [-0.25, -0.2) is 4.98 Å². The van der Waals surface area contributed by atoms with Crippen molar-refractivity contribution >= 4 is 18.8 Å². The highest BCUT2D eigenvalue weighted by Gasteiger charge is 2.14. The van der Waals surface area contributed by atoms with Gasteiger partial charge in [0.15, 0.2) is 0 Å². The SMILES string of the molecule is CC(C)[C@H](C)c1ncc(-c2ccc3cc(C#C[Si](C)(C)C)ccc3c2)[nH]1. The maximum Gasteiger partial charge on any atom is 0.129 e. The minimum absolute atomic E-state index is 0.428. The van der Waals surface area contributed by atoms with E-state index < -0.39 is 8.07 Å². The molecular weight excluding hydrogens is 332 g/mol. The van der Waals surface area contributed by atoms with Gasteiger partial charge >= 0.3 is 0 Å². The fraction of sp³-hybridized carbons (Fsp3) is 0.348. The Bertz CT molecular complexity index is 981. The van der Waals surface area contributed by atoms with Crippen molar-refractivity contribution in [2.75, 3.05) is 0 Å². The zero-order valence-electron chi connectivity index (χ0n) is 16.6. The molecule has 3 rings (SSSR count). The molecule has 2 aromatic carbocycles. The van der Waals surface area contributed by atoms with Gasteiger partial charge < -0.3 is 4.98 Å². The quantitative estimate of drug-likeness (QED) is 0.436. The van der Waals surface area contributed by atoms with E-state index in [1.807, 2.05) is 6.20 Å². The van der Waals surface area contributed by atoms with E-state index in [2.05, 4.69) is 98.2 Å². The van der Waals surface area contributed by atoms with Crippen molar-refractivity contribution in [1.29, 1.82) is 0 Å². The second-order valence-electron chi connectivity index (χ2n) is 8.49. The predicted molar refractivity (Wildman–Crippen MR) is 115 cm³/mol. The number of nitrogens with zero attached hydrogens (tertiary/aromatic N) is 1. The van der Waals surface area contributed by atoms with Crippen LogP contribution >= 0.6 is 0 Å². The molecule has 1 aromatic heterocycles. The summed E-state index contributed by atoms with van der Waals surface area (Å²) in [6, 6.07) is 13.0. The Balaban J connectivity index is 1.91. The fourth-order valence-electron chi connectivity index (χ4n) is 2.78. The highest BCUT2D eigenvalue weighted by molar-refractivity contribution is 6.83. The molecule has 0 radical (unpaired) electrons. The smallest absolute Gasteiger partial charge is 0.129 e. The molecule has 0 aliphatic rings. The highest BCUT2D eigenvalue weighted by Crippen LogP contribution is 2.27. The summed E-state index contributed by atoms with van der Waals surface area (Å²) < 4.78 is 0. The molecule has 0 spiro atoms. The van der Waals surface area contributed by atoms with Crippen molar-refractivity contribution in [2.45, 2.75) is 46.3 Å². The second kappa shape index (κ2) is 7.13. The molecule has 1 N–H and O–H groups in total. The number of rotatable bonds is 3. The van der Waals surface area contributed by atoms with E-state index >= 15 is 0 Å². The van der Waals surface area contributed by atoms with Crippen molar-refractivity contribution in [3.8, 4) is 22.7 Å².